The molecule has 1 aliphatic carbocycles. The lowest BCUT2D eigenvalue weighted by molar-refractivity contribution is -0.124. The molecule has 5 heteroatoms. The highest BCUT2D eigenvalue weighted by Gasteiger charge is 2.48. The van der Waals surface area contributed by atoms with Crippen molar-refractivity contribution in [2.24, 2.45) is 0 Å². The van der Waals surface area contributed by atoms with E-state index in [4.69, 9.17) is 23.2 Å². The molecule has 1 aliphatic heterocycles. The zero-order valence-electron chi connectivity index (χ0n) is 8.44. The van der Waals surface area contributed by atoms with Gasteiger partial charge >= 0.3 is 0 Å². The van der Waals surface area contributed by atoms with E-state index >= 15 is 0 Å². The first-order valence-corrected chi connectivity index (χ1v) is 5.91. The van der Waals surface area contributed by atoms with Crippen LogP contribution in [-0.2, 0) is 16.8 Å². The number of halogens is 2. The van der Waals surface area contributed by atoms with Crippen molar-refractivity contribution >= 4 is 29.1 Å². The largest absolute Gasteiger partial charge is 0.342 e. The van der Waals surface area contributed by atoms with Gasteiger partial charge in [-0.05, 0) is 36.1 Å². The number of aryl methyl sites for hydroxylation is 1. The van der Waals surface area contributed by atoms with Gasteiger partial charge in [0.2, 0.25) is 5.91 Å². The number of hydrogen-bond donors (Lipinski definition) is 2. The summed E-state index contributed by atoms with van der Waals surface area (Å²) in [5, 5.41) is 7.08. The Morgan fingerprint density at radius 2 is 2.00 bits per heavy atom. The number of hydrogen-bond acceptors (Lipinski definition) is 2. The third kappa shape index (κ3) is 1.22. The second-order valence-corrected chi connectivity index (χ2v) is 5.00. The van der Waals surface area contributed by atoms with Crippen LogP contribution in [0.4, 0.5) is 0 Å². The van der Waals surface area contributed by atoms with Gasteiger partial charge < -0.3 is 5.32 Å². The number of rotatable bonds is 0. The molecule has 1 unspecified atom stereocenters. The Hall–Kier alpha value is -0.770. The molecular formula is C11H10Cl2N2O. The third-order valence-corrected chi connectivity index (χ3v) is 4.12. The van der Waals surface area contributed by atoms with Crippen LogP contribution in [0.1, 0.15) is 17.5 Å². The maximum Gasteiger partial charge on any atom is 0.245 e. The van der Waals surface area contributed by atoms with Crippen LogP contribution in [0.3, 0.4) is 0 Å². The van der Waals surface area contributed by atoms with Gasteiger partial charge in [0.15, 0.2) is 0 Å². The molecule has 3 nitrogen and oxygen atoms in total. The molecule has 16 heavy (non-hydrogen) atoms. The van der Waals surface area contributed by atoms with Crippen LogP contribution in [-0.4, -0.2) is 12.6 Å². The van der Waals surface area contributed by atoms with Gasteiger partial charge in [-0.15, -0.1) is 0 Å². The predicted molar refractivity (Wildman–Crippen MR) is 62.6 cm³/mol. The summed E-state index contributed by atoms with van der Waals surface area (Å²) in [6.45, 7) is 0.512. The first-order chi connectivity index (χ1) is 7.63. The molecule has 1 amide bonds. The number of fused-ring (bicyclic) bond motifs is 2. The van der Waals surface area contributed by atoms with E-state index in [9.17, 15) is 4.79 Å². The van der Waals surface area contributed by atoms with Crippen LogP contribution < -0.4 is 10.6 Å². The number of carbonyl (C=O) groups excluding carboxylic acids is 1. The van der Waals surface area contributed by atoms with E-state index in [0.717, 1.165) is 24.0 Å². The lowest BCUT2D eigenvalue weighted by Crippen LogP contribution is -2.41. The zero-order chi connectivity index (χ0) is 11.3. The van der Waals surface area contributed by atoms with Crippen LogP contribution >= 0.6 is 23.2 Å². The van der Waals surface area contributed by atoms with Gasteiger partial charge in [-0.1, -0.05) is 23.2 Å². The Morgan fingerprint density at radius 3 is 2.69 bits per heavy atom. The van der Waals surface area contributed by atoms with Crippen LogP contribution in [0.25, 0.3) is 0 Å². The SMILES string of the molecule is O=C1NCNC12CCc1cc(Cl)c(Cl)cc12. The van der Waals surface area contributed by atoms with Gasteiger partial charge in [-0.25, -0.2) is 0 Å². The smallest absolute Gasteiger partial charge is 0.245 e. The highest BCUT2D eigenvalue weighted by atomic mass is 35.5. The highest BCUT2D eigenvalue weighted by molar-refractivity contribution is 6.42. The third-order valence-electron chi connectivity index (χ3n) is 3.40. The Labute approximate surface area is 103 Å². The Balaban J connectivity index is 2.18. The molecule has 0 saturated carbocycles. The minimum Gasteiger partial charge on any atom is -0.342 e. The van der Waals surface area contributed by atoms with E-state index in [1.54, 1.807) is 0 Å². The maximum atomic E-state index is 11.9. The van der Waals surface area contributed by atoms with Crippen LogP contribution in [0.15, 0.2) is 12.1 Å². The van der Waals surface area contributed by atoms with E-state index in [-0.39, 0.29) is 5.91 Å². The van der Waals surface area contributed by atoms with Gasteiger partial charge in [0, 0.05) is 0 Å². The van der Waals surface area contributed by atoms with E-state index in [2.05, 4.69) is 10.6 Å². The number of nitrogens with one attached hydrogen (secondary N) is 2. The molecule has 1 heterocycles. The lowest BCUT2D eigenvalue weighted by Gasteiger charge is -2.21. The quantitative estimate of drug-likeness (QED) is 0.744. The van der Waals surface area contributed by atoms with E-state index < -0.39 is 5.54 Å². The fourth-order valence-electron chi connectivity index (χ4n) is 2.57. The van der Waals surface area contributed by atoms with Crippen molar-refractivity contribution in [1.82, 2.24) is 10.6 Å². The molecule has 0 aromatic heterocycles. The van der Waals surface area contributed by atoms with Crippen molar-refractivity contribution in [2.45, 2.75) is 18.4 Å². The number of carbonyl (C=O) groups is 1. The van der Waals surface area contributed by atoms with Gasteiger partial charge in [0.25, 0.3) is 0 Å². The molecular weight excluding hydrogens is 247 g/mol. The van der Waals surface area contributed by atoms with Crippen molar-refractivity contribution in [3.63, 3.8) is 0 Å². The molecule has 1 aromatic rings. The standard InChI is InChI=1S/C11H10Cl2N2O/c12-8-3-6-1-2-11(7(6)4-9(8)13)10(16)14-5-15-11/h3-4,15H,1-2,5H2,(H,14,16). The predicted octanol–water partition coefficient (Wildman–Crippen LogP) is 1.81. The van der Waals surface area contributed by atoms with Gasteiger partial charge in [0.1, 0.15) is 5.54 Å². The second-order valence-electron chi connectivity index (χ2n) is 4.19. The monoisotopic (exact) mass is 256 g/mol. The van der Waals surface area contributed by atoms with Crippen molar-refractivity contribution in [3.05, 3.63) is 33.3 Å². The van der Waals surface area contributed by atoms with Gasteiger partial charge in [-0.2, -0.15) is 0 Å². The van der Waals surface area contributed by atoms with Crippen molar-refractivity contribution in [2.75, 3.05) is 6.67 Å². The molecule has 1 saturated heterocycles. The first-order valence-electron chi connectivity index (χ1n) is 5.15. The highest BCUT2D eigenvalue weighted by Crippen LogP contribution is 2.41. The Bertz CT molecular complexity index is 489. The summed E-state index contributed by atoms with van der Waals surface area (Å²) in [7, 11) is 0. The summed E-state index contributed by atoms with van der Waals surface area (Å²) in [6.07, 6.45) is 1.62. The number of benzene rings is 1. The molecule has 1 fully saturated rings. The van der Waals surface area contributed by atoms with E-state index in [0.29, 0.717) is 16.7 Å². The normalized spacial score (nSPS) is 27.2. The fourth-order valence-corrected chi connectivity index (χ4v) is 2.92. The first kappa shape index (κ1) is 10.4. The average Bonchev–Trinajstić information content (AvgIpc) is 2.77. The maximum absolute atomic E-state index is 11.9. The van der Waals surface area contributed by atoms with Crippen molar-refractivity contribution < 1.29 is 4.79 Å². The van der Waals surface area contributed by atoms with Crippen LogP contribution in [0, 0.1) is 0 Å². The minimum absolute atomic E-state index is 0.0321. The lowest BCUT2D eigenvalue weighted by atomic mass is 9.92. The molecule has 84 valence electrons. The molecule has 1 atom stereocenters. The molecule has 3 rings (SSSR count). The summed E-state index contributed by atoms with van der Waals surface area (Å²) >= 11 is 12.0. The summed E-state index contributed by atoms with van der Waals surface area (Å²) in [6, 6.07) is 3.67. The Morgan fingerprint density at radius 1 is 1.25 bits per heavy atom. The minimum atomic E-state index is -0.580. The fraction of sp³-hybridized carbons (Fsp3) is 0.364. The van der Waals surface area contributed by atoms with Crippen molar-refractivity contribution in [3.8, 4) is 0 Å². The summed E-state index contributed by atoms with van der Waals surface area (Å²) in [5.74, 6) is 0.0321. The zero-order valence-corrected chi connectivity index (χ0v) is 9.95. The van der Waals surface area contributed by atoms with Crippen LogP contribution in [0.2, 0.25) is 10.0 Å². The summed E-state index contributed by atoms with van der Waals surface area (Å²) in [4.78, 5) is 11.9. The number of amides is 1. The molecule has 0 bridgehead atoms. The molecule has 1 aromatic carbocycles. The molecule has 2 N–H and O–H groups in total. The summed E-state index contributed by atoms with van der Waals surface area (Å²) < 4.78 is 0. The topological polar surface area (TPSA) is 41.1 Å². The van der Waals surface area contributed by atoms with Crippen LogP contribution in [0.5, 0.6) is 0 Å². The van der Waals surface area contributed by atoms with E-state index in [1.807, 2.05) is 12.1 Å². The molecule has 0 radical (unpaired) electrons. The summed E-state index contributed by atoms with van der Waals surface area (Å²) in [5.41, 5.74) is 1.50. The van der Waals surface area contributed by atoms with Gasteiger partial charge in [0.05, 0.1) is 16.7 Å². The van der Waals surface area contributed by atoms with Crippen molar-refractivity contribution in [1.29, 1.82) is 0 Å². The second kappa shape index (κ2) is 3.36. The van der Waals surface area contributed by atoms with Gasteiger partial charge in [-0.3, -0.25) is 10.1 Å². The average molecular weight is 257 g/mol. The molecule has 2 aliphatic rings. The van der Waals surface area contributed by atoms with E-state index in [1.165, 1.54) is 0 Å². The Kier molecular flexibility index (Phi) is 2.18. The molecule has 1 spiro atoms.